The number of carbonyl (C=O) groups excluding carboxylic acids is 2. The highest BCUT2D eigenvalue weighted by atomic mass is 35.5. The van der Waals surface area contributed by atoms with E-state index in [9.17, 15) is 18.4 Å². The molecule has 0 aliphatic carbocycles. The average Bonchev–Trinajstić information content (AvgIpc) is 2.82. The van der Waals surface area contributed by atoms with E-state index in [1.165, 1.54) is 30.3 Å². The Bertz CT molecular complexity index is 1090. The summed E-state index contributed by atoms with van der Waals surface area (Å²) < 4.78 is 29.1. The smallest absolute Gasteiger partial charge is 0.387 e. The summed E-state index contributed by atoms with van der Waals surface area (Å²) in [5.41, 5.74) is 1.91. The van der Waals surface area contributed by atoms with Crippen molar-refractivity contribution in [3.8, 4) is 5.75 Å². The van der Waals surface area contributed by atoms with Crippen molar-refractivity contribution in [2.75, 3.05) is 0 Å². The van der Waals surface area contributed by atoms with Crippen molar-refractivity contribution in [3.63, 3.8) is 0 Å². The highest BCUT2D eigenvalue weighted by Crippen LogP contribution is 2.17. The number of nitrogens with one attached hydrogen (secondary N) is 2. The molecular formula is C25H20Cl2F2N2O3. The van der Waals surface area contributed by atoms with Crippen molar-refractivity contribution in [2.45, 2.75) is 19.7 Å². The summed E-state index contributed by atoms with van der Waals surface area (Å²) in [7, 11) is 0. The highest BCUT2D eigenvalue weighted by molar-refractivity contribution is 6.30. The van der Waals surface area contributed by atoms with Gasteiger partial charge in [0.2, 0.25) is 0 Å². The Kier molecular flexibility index (Phi) is 9.01. The quantitative estimate of drug-likeness (QED) is 0.226. The summed E-state index contributed by atoms with van der Waals surface area (Å²) in [6.45, 7) is -2.59. The number of carbonyl (C=O) groups is 2. The van der Waals surface area contributed by atoms with E-state index in [2.05, 4.69) is 15.4 Å². The zero-order valence-corrected chi connectivity index (χ0v) is 19.2. The lowest BCUT2D eigenvalue weighted by Crippen LogP contribution is -2.34. The summed E-state index contributed by atoms with van der Waals surface area (Å²) in [6.07, 6.45) is 1.38. The molecule has 176 valence electrons. The van der Waals surface area contributed by atoms with E-state index >= 15 is 0 Å². The second kappa shape index (κ2) is 12.2. The first-order valence-electron chi connectivity index (χ1n) is 10.1. The lowest BCUT2D eigenvalue weighted by Gasteiger charge is -2.11. The Labute approximate surface area is 205 Å². The van der Waals surface area contributed by atoms with Crippen LogP contribution in [0.15, 0.2) is 78.4 Å². The van der Waals surface area contributed by atoms with Gasteiger partial charge in [0.1, 0.15) is 11.3 Å². The first-order valence-corrected chi connectivity index (χ1v) is 10.9. The molecule has 5 nitrogen and oxygen atoms in total. The molecule has 0 heterocycles. The van der Waals surface area contributed by atoms with Gasteiger partial charge in [0, 0.05) is 23.1 Å². The predicted molar refractivity (Wildman–Crippen MR) is 128 cm³/mol. The minimum Gasteiger partial charge on any atom is -0.435 e. The van der Waals surface area contributed by atoms with E-state index in [4.69, 9.17) is 23.2 Å². The van der Waals surface area contributed by atoms with E-state index in [1.807, 2.05) is 0 Å². The van der Waals surface area contributed by atoms with Crippen LogP contribution in [0.3, 0.4) is 0 Å². The molecule has 2 N–H and O–H groups in total. The van der Waals surface area contributed by atoms with Gasteiger partial charge in [-0.3, -0.25) is 9.59 Å². The molecule has 0 aliphatic rings. The van der Waals surface area contributed by atoms with E-state index in [-0.39, 0.29) is 24.4 Å². The van der Waals surface area contributed by atoms with Crippen LogP contribution in [0.25, 0.3) is 6.08 Å². The molecule has 34 heavy (non-hydrogen) atoms. The monoisotopic (exact) mass is 504 g/mol. The van der Waals surface area contributed by atoms with Crippen LogP contribution < -0.4 is 15.4 Å². The Balaban J connectivity index is 1.76. The fourth-order valence-corrected chi connectivity index (χ4v) is 3.16. The van der Waals surface area contributed by atoms with E-state index in [0.29, 0.717) is 15.6 Å². The van der Waals surface area contributed by atoms with Gasteiger partial charge in [0.05, 0.1) is 0 Å². The maximum atomic E-state index is 12.9. The molecule has 9 heteroatoms. The average molecular weight is 505 g/mol. The third-order valence-electron chi connectivity index (χ3n) is 4.64. The second-order valence-corrected chi connectivity index (χ2v) is 8.00. The molecule has 0 unspecified atom stereocenters. The summed E-state index contributed by atoms with van der Waals surface area (Å²) in [6, 6.07) is 19.4. The molecule has 0 atom stereocenters. The molecule has 3 aromatic rings. The van der Waals surface area contributed by atoms with E-state index < -0.39 is 18.4 Å². The third kappa shape index (κ3) is 7.86. The van der Waals surface area contributed by atoms with Crippen molar-refractivity contribution < 1.29 is 23.1 Å². The number of rotatable bonds is 9. The largest absolute Gasteiger partial charge is 0.435 e. The number of alkyl halides is 2. The van der Waals surface area contributed by atoms with Gasteiger partial charge >= 0.3 is 6.61 Å². The number of amides is 2. The van der Waals surface area contributed by atoms with E-state index in [0.717, 1.165) is 11.1 Å². The minimum atomic E-state index is -2.95. The lowest BCUT2D eigenvalue weighted by atomic mass is 10.1. The van der Waals surface area contributed by atoms with Crippen LogP contribution >= 0.6 is 23.2 Å². The van der Waals surface area contributed by atoms with Gasteiger partial charge in [-0.05, 0) is 59.2 Å². The van der Waals surface area contributed by atoms with Crippen molar-refractivity contribution in [2.24, 2.45) is 0 Å². The zero-order chi connectivity index (χ0) is 24.5. The van der Waals surface area contributed by atoms with Crippen LogP contribution in [-0.2, 0) is 22.7 Å². The molecule has 3 aromatic carbocycles. The molecule has 0 aromatic heterocycles. The normalized spacial score (nSPS) is 10.5. The van der Waals surface area contributed by atoms with Crippen molar-refractivity contribution in [1.82, 2.24) is 10.6 Å². The molecule has 0 fully saturated rings. The molecule has 3 rings (SSSR count). The van der Waals surface area contributed by atoms with Crippen LogP contribution in [0.5, 0.6) is 5.75 Å². The Morgan fingerprint density at radius 1 is 0.765 bits per heavy atom. The maximum absolute atomic E-state index is 12.9. The van der Waals surface area contributed by atoms with Gasteiger partial charge in [0.25, 0.3) is 11.8 Å². The Morgan fingerprint density at radius 3 is 1.62 bits per heavy atom. The first kappa shape index (κ1) is 25.2. The predicted octanol–water partition coefficient (Wildman–Crippen LogP) is 5.61. The molecule has 0 bridgehead atoms. The number of benzene rings is 3. The summed E-state index contributed by atoms with van der Waals surface area (Å²) >= 11 is 11.8. The first-order chi connectivity index (χ1) is 16.3. The van der Waals surface area contributed by atoms with Crippen molar-refractivity contribution >= 4 is 41.1 Å². The van der Waals surface area contributed by atoms with Gasteiger partial charge < -0.3 is 15.4 Å². The van der Waals surface area contributed by atoms with Gasteiger partial charge in [-0.2, -0.15) is 8.78 Å². The van der Waals surface area contributed by atoms with Crippen LogP contribution in [-0.4, -0.2) is 18.4 Å². The number of hydrogen-bond acceptors (Lipinski definition) is 3. The van der Waals surface area contributed by atoms with Gasteiger partial charge in [0.15, 0.2) is 0 Å². The molecule has 0 radical (unpaired) electrons. The molecule has 0 saturated heterocycles. The fourth-order valence-electron chi connectivity index (χ4n) is 2.91. The Hall–Kier alpha value is -3.42. The zero-order valence-electron chi connectivity index (χ0n) is 17.7. The van der Waals surface area contributed by atoms with Crippen molar-refractivity contribution in [1.29, 1.82) is 0 Å². The summed E-state index contributed by atoms with van der Waals surface area (Å²) in [5, 5.41) is 6.55. The third-order valence-corrected chi connectivity index (χ3v) is 5.14. The van der Waals surface area contributed by atoms with Gasteiger partial charge in [-0.25, -0.2) is 0 Å². The highest BCUT2D eigenvalue weighted by Gasteiger charge is 2.18. The van der Waals surface area contributed by atoms with Gasteiger partial charge in [-0.15, -0.1) is 0 Å². The standard InChI is InChI=1S/C25H20Cl2F2N2O3/c26-19-7-1-17(2-8-19)14-30-23(32)22(13-16-5-11-21(12-6-16)34-25(28)29)24(33)31-15-18-3-9-20(27)10-4-18/h1-13,25H,14-15H2,(H,30,32)(H,31,33). The second-order valence-electron chi connectivity index (χ2n) is 7.12. The number of hydrogen-bond donors (Lipinski definition) is 2. The van der Waals surface area contributed by atoms with Gasteiger partial charge in [-0.1, -0.05) is 59.6 Å². The van der Waals surface area contributed by atoms with E-state index in [1.54, 1.807) is 48.5 Å². The SMILES string of the molecule is O=C(NCc1ccc(Cl)cc1)C(=Cc1ccc(OC(F)F)cc1)C(=O)NCc1ccc(Cl)cc1. The Morgan fingerprint density at radius 2 is 1.21 bits per heavy atom. The number of ether oxygens (including phenoxy) is 1. The summed E-state index contributed by atoms with van der Waals surface area (Å²) in [4.78, 5) is 25.8. The number of halogens is 4. The lowest BCUT2D eigenvalue weighted by molar-refractivity contribution is -0.123. The molecular weight excluding hydrogens is 485 g/mol. The van der Waals surface area contributed by atoms with Crippen LogP contribution in [0.4, 0.5) is 8.78 Å². The fraction of sp³-hybridized carbons (Fsp3) is 0.120. The minimum absolute atomic E-state index is 0.0342. The molecule has 0 aliphatic heterocycles. The summed E-state index contributed by atoms with van der Waals surface area (Å²) in [5.74, 6) is -1.24. The molecule has 2 amide bonds. The van der Waals surface area contributed by atoms with Crippen LogP contribution in [0, 0.1) is 0 Å². The molecule has 0 saturated carbocycles. The van der Waals surface area contributed by atoms with Crippen molar-refractivity contribution in [3.05, 3.63) is 105 Å². The topological polar surface area (TPSA) is 67.4 Å². The molecule has 0 spiro atoms. The van der Waals surface area contributed by atoms with Crippen LogP contribution in [0.2, 0.25) is 10.0 Å². The van der Waals surface area contributed by atoms with Crippen LogP contribution in [0.1, 0.15) is 16.7 Å². The maximum Gasteiger partial charge on any atom is 0.387 e.